The molecule has 0 aliphatic heterocycles. The van der Waals surface area contributed by atoms with Crippen molar-refractivity contribution in [3.8, 4) is 0 Å². The third-order valence-electron chi connectivity index (χ3n) is 2.98. The first-order valence-corrected chi connectivity index (χ1v) is 9.50. The van der Waals surface area contributed by atoms with E-state index in [0.717, 1.165) is 12.8 Å². The molecule has 0 aromatic heterocycles. The van der Waals surface area contributed by atoms with Crippen LogP contribution in [0, 0.1) is 10.8 Å². The number of carboxylic acids is 1. The molecule has 0 spiro atoms. The van der Waals surface area contributed by atoms with Gasteiger partial charge < -0.3 is 26.8 Å². The lowest BCUT2D eigenvalue weighted by atomic mass is 9.93. The Hall–Kier alpha value is -0.890. The number of hydrogen-bond acceptors (Lipinski definition) is 6. The van der Waals surface area contributed by atoms with Crippen LogP contribution >= 0.6 is 11.6 Å². The van der Waals surface area contributed by atoms with Gasteiger partial charge in [0.05, 0.1) is 6.61 Å². The summed E-state index contributed by atoms with van der Waals surface area (Å²) in [5.74, 6) is -1.33. The number of alkyl halides is 1. The van der Waals surface area contributed by atoms with Crippen molar-refractivity contribution in [2.75, 3.05) is 13.2 Å². The maximum absolute atomic E-state index is 11.2. The van der Waals surface area contributed by atoms with Crippen LogP contribution < -0.4 is 11.9 Å². The number of aliphatic carboxylic acids is 1. The number of ether oxygens (including phenoxy) is 1. The van der Waals surface area contributed by atoms with E-state index in [-0.39, 0.29) is 17.5 Å². The van der Waals surface area contributed by atoms with Gasteiger partial charge in [-0.2, -0.15) is 0 Å². The molecule has 0 aliphatic rings. The molecule has 0 unspecified atom stereocenters. The maximum atomic E-state index is 11.2. The van der Waals surface area contributed by atoms with E-state index < -0.39 is 16.4 Å². The predicted octanol–water partition coefficient (Wildman–Crippen LogP) is 4.37. The molecule has 0 aromatic rings. The minimum atomic E-state index is -1.08. The van der Waals surface area contributed by atoms with Gasteiger partial charge in [0.15, 0.2) is 0 Å². The minimum absolute atomic E-state index is 0. The quantitative estimate of drug-likeness (QED) is 0.375. The molecular weight excluding hydrogens is 384 g/mol. The van der Waals surface area contributed by atoms with Gasteiger partial charge in [-0.15, -0.1) is 11.6 Å². The molecule has 0 atom stereocenters. The molecule has 8 heteroatoms. The van der Waals surface area contributed by atoms with Crippen molar-refractivity contribution in [1.29, 1.82) is 0 Å². The lowest BCUT2D eigenvalue weighted by Crippen LogP contribution is -2.41. The van der Waals surface area contributed by atoms with E-state index >= 15 is 0 Å². The molecule has 0 amide bonds. The van der Waals surface area contributed by atoms with Crippen LogP contribution in [-0.4, -0.2) is 45.8 Å². The molecule has 0 heterocycles. The molecular formula is C20H45ClN2O5. The number of carbonyl (C=O) groups is 2. The Morgan fingerprint density at radius 2 is 1.21 bits per heavy atom. The fourth-order valence-electron chi connectivity index (χ4n) is 0.957. The SMILES string of the molecule is CC(C)(C)CCO.CC(C)(C)CCOC(=O)C(C)(C)Cl.CC(C)(N)C(=O)O.N. The number of halogens is 1. The molecule has 0 aliphatic carbocycles. The first-order valence-electron chi connectivity index (χ1n) is 9.13. The maximum Gasteiger partial charge on any atom is 0.326 e. The zero-order valence-electron chi connectivity index (χ0n) is 19.6. The molecule has 172 valence electrons. The molecule has 0 saturated carbocycles. The van der Waals surface area contributed by atoms with E-state index in [0.29, 0.717) is 18.6 Å². The lowest BCUT2D eigenvalue weighted by molar-refractivity contribution is -0.146. The van der Waals surface area contributed by atoms with Crippen LogP contribution in [-0.2, 0) is 14.3 Å². The van der Waals surface area contributed by atoms with Crippen molar-refractivity contribution in [1.82, 2.24) is 6.15 Å². The fourth-order valence-corrected chi connectivity index (χ4v) is 1.01. The van der Waals surface area contributed by atoms with Gasteiger partial charge >= 0.3 is 11.9 Å². The van der Waals surface area contributed by atoms with Gasteiger partial charge in [-0.3, -0.25) is 9.59 Å². The Kier molecular flexibility index (Phi) is 17.5. The average molecular weight is 429 g/mol. The molecule has 7 N–H and O–H groups in total. The second-order valence-electron chi connectivity index (χ2n) is 9.98. The highest BCUT2D eigenvalue weighted by molar-refractivity contribution is 6.33. The Morgan fingerprint density at radius 3 is 1.36 bits per heavy atom. The fraction of sp³-hybridized carbons (Fsp3) is 0.900. The predicted molar refractivity (Wildman–Crippen MR) is 117 cm³/mol. The molecule has 0 radical (unpaired) electrons. The Labute approximate surface area is 176 Å². The molecule has 28 heavy (non-hydrogen) atoms. The van der Waals surface area contributed by atoms with Gasteiger partial charge in [0.2, 0.25) is 0 Å². The van der Waals surface area contributed by atoms with Crippen LogP contribution in [0.3, 0.4) is 0 Å². The van der Waals surface area contributed by atoms with Gasteiger partial charge in [0.25, 0.3) is 0 Å². The molecule has 0 rings (SSSR count). The number of esters is 1. The Bertz CT molecular complexity index is 428. The second kappa shape index (κ2) is 14.1. The van der Waals surface area contributed by atoms with Crippen LogP contribution in [0.25, 0.3) is 0 Å². The largest absolute Gasteiger partial charge is 0.480 e. The normalized spacial score (nSPS) is 11.8. The molecule has 0 bridgehead atoms. The monoisotopic (exact) mass is 428 g/mol. The summed E-state index contributed by atoms with van der Waals surface area (Å²) in [6, 6.07) is 0. The van der Waals surface area contributed by atoms with Gasteiger partial charge in [-0.1, -0.05) is 41.5 Å². The first-order chi connectivity index (χ1) is 11.6. The smallest absolute Gasteiger partial charge is 0.326 e. The van der Waals surface area contributed by atoms with E-state index in [1.165, 1.54) is 13.8 Å². The number of rotatable bonds is 5. The van der Waals surface area contributed by atoms with Gasteiger partial charge in [0, 0.05) is 6.61 Å². The summed E-state index contributed by atoms with van der Waals surface area (Å²) in [7, 11) is 0. The number of aliphatic hydroxyl groups is 1. The van der Waals surface area contributed by atoms with Gasteiger partial charge in [-0.25, -0.2) is 0 Å². The molecule has 0 saturated heterocycles. The van der Waals surface area contributed by atoms with Gasteiger partial charge in [-0.05, 0) is 51.4 Å². The molecule has 7 nitrogen and oxygen atoms in total. The number of carbonyl (C=O) groups excluding carboxylic acids is 1. The van der Waals surface area contributed by atoms with Crippen molar-refractivity contribution < 1.29 is 24.5 Å². The summed E-state index contributed by atoms with van der Waals surface area (Å²) in [5, 5.41) is 16.5. The van der Waals surface area contributed by atoms with Crippen molar-refractivity contribution in [3.63, 3.8) is 0 Å². The average Bonchev–Trinajstić information content (AvgIpc) is 2.34. The second-order valence-corrected chi connectivity index (χ2v) is 10.9. The number of aliphatic hydroxyl groups excluding tert-OH is 1. The summed E-state index contributed by atoms with van der Waals surface area (Å²) in [6.45, 7) is 19.6. The first kappa shape index (κ1) is 34.6. The van der Waals surface area contributed by atoms with Crippen LogP contribution in [0.4, 0.5) is 0 Å². The number of carboxylic acid groups (broad SMARTS) is 1. The number of nitrogens with two attached hydrogens (primary N) is 1. The van der Waals surface area contributed by atoms with Crippen molar-refractivity contribution in [3.05, 3.63) is 0 Å². The topological polar surface area (TPSA) is 145 Å². The van der Waals surface area contributed by atoms with Crippen LogP contribution in [0.5, 0.6) is 0 Å². The highest BCUT2D eigenvalue weighted by Crippen LogP contribution is 2.20. The van der Waals surface area contributed by atoms with Crippen LogP contribution in [0.15, 0.2) is 0 Å². The van der Waals surface area contributed by atoms with Crippen molar-refractivity contribution in [2.24, 2.45) is 16.6 Å². The summed E-state index contributed by atoms with van der Waals surface area (Å²) in [5.41, 5.74) is 4.49. The minimum Gasteiger partial charge on any atom is -0.480 e. The highest BCUT2D eigenvalue weighted by Gasteiger charge is 2.26. The standard InChI is InChI=1S/C10H19ClO2.C6H14O.C4H9NO2.H3N/c1-9(2,3)6-7-13-8(12)10(4,5)11;1-6(2,3)4-5-7;1-4(2,5)3(6)7;/h6-7H2,1-5H3;7H,4-5H2,1-3H3;5H2,1-2H3,(H,6,7);1H3. The zero-order chi connectivity index (χ0) is 22.7. The van der Waals surface area contributed by atoms with Crippen LogP contribution in [0.1, 0.15) is 82.1 Å². The van der Waals surface area contributed by atoms with Crippen LogP contribution in [0.2, 0.25) is 0 Å². The van der Waals surface area contributed by atoms with E-state index in [4.69, 9.17) is 32.3 Å². The summed E-state index contributed by atoms with van der Waals surface area (Å²) in [4.78, 5) is 20.2. The lowest BCUT2D eigenvalue weighted by Gasteiger charge is -2.19. The third-order valence-corrected chi connectivity index (χ3v) is 3.14. The third kappa shape index (κ3) is 29.9. The Balaban J connectivity index is -0.000000165. The highest BCUT2D eigenvalue weighted by atomic mass is 35.5. The van der Waals surface area contributed by atoms with Gasteiger partial charge in [0.1, 0.15) is 10.4 Å². The van der Waals surface area contributed by atoms with E-state index in [9.17, 15) is 9.59 Å². The molecule has 0 fully saturated rings. The van der Waals surface area contributed by atoms with Crippen molar-refractivity contribution in [2.45, 2.75) is 92.5 Å². The van der Waals surface area contributed by atoms with E-state index in [1.54, 1.807) is 13.8 Å². The van der Waals surface area contributed by atoms with Crippen molar-refractivity contribution >= 4 is 23.5 Å². The summed E-state index contributed by atoms with van der Waals surface area (Å²) in [6.07, 6.45) is 1.75. The summed E-state index contributed by atoms with van der Waals surface area (Å²) >= 11 is 5.76. The Morgan fingerprint density at radius 1 is 0.893 bits per heavy atom. The van der Waals surface area contributed by atoms with E-state index in [1.807, 2.05) is 0 Å². The van der Waals surface area contributed by atoms with E-state index in [2.05, 4.69) is 41.5 Å². The number of hydrogen-bond donors (Lipinski definition) is 4. The molecule has 0 aromatic carbocycles. The zero-order valence-corrected chi connectivity index (χ0v) is 20.4. The summed E-state index contributed by atoms with van der Waals surface area (Å²) < 4.78 is 5.01.